The Labute approximate surface area is 184 Å². The van der Waals surface area contributed by atoms with Gasteiger partial charge in [-0.25, -0.2) is 4.79 Å². The summed E-state index contributed by atoms with van der Waals surface area (Å²) in [7, 11) is 0. The Bertz CT molecular complexity index is 804. The predicted molar refractivity (Wildman–Crippen MR) is 115 cm³/mol. The van der Waals surface area contributed by atoms with Crippen molar-refractivity contribution < 1.29 is 29.1 Å². The van der Waals surface area contributed by atoms with Crippen LogP contribution in [0, 0.1) is 0 Å². The van der Waals surface area contributed by atoms with Gasteiger partial charge < -0.3 is 32.5 Å². The van der Waals surface area contributed by atoms with Gasteiger partial charge in [0.15, 0.2) is 0 Å². The zero-order valence-corrected chi connectivity index (χ0v) is 17.8. The van der Waals surface area contributed by atoms with Crippen LogP contribution in [-0.4, -0.2) is 64.6 Å². The molecule has 0 heterocycles. The van der Waals surface area contributed by atoms with Gasteiger partial charge in [-0.1, -0.05) is 30.3 Å². The van der Waals surface area contributed by atoms with Crippen LogP contribution in [0.15, 0.2) is 30.3 Å². The van der Waals surface area contributed by atoms with E-state index in [0.29, 0.717) is 5.56 Å². The maximum absolute atomic E-state index is 12.6. The molecule has 31 heavy (non-hydrogen) atoms. The van der Waals surface area contributed by atoms with Crippen LogP contribution in [0.25, 0.3) is 0 Å². The molecule has 11 nitrogen and oxygen atoms in total. The number of carboxylic acids is 1. The fourth-order valence-corrected chi connectivity index (χ4v) is 2.76. The molecule has 0 saturated heterocycles. The fraction of sp³-hybridized carbons (Fsp3) is 0.421. The molecule has 0 aromatic heterocycles. The van der Waals surface area contributed by atoms with Crippen LogP contribution in [0.2, 0.25) is 0 Å². The Balaban J connectivity index is 2.91. The zero-order chi connectivity index (χ0) is 23.6. The van der Waals surface area contributed by atoms with Crippen LogP contribution in [-0.2, 0) is 30.4 Å². The van der Waals surface area contributed by atoms with Crippen molar-refractivity contribution >= 4 is 42.2 Å². The first-order valence-electron chi connectivity index (χ1n) is 9.37. The second kappa shape index (κ2) is 12.5. The molecule has 0 spiro atoms. The highest BCUT2D eigenvalue weighted by molar-refractivity contribution is 7.80. The predicted octanol–water partition coefficient (Wildman–Crippen LogP) is -2.08. The highest BCUT2D eigenvalue weighted by atomic mass is 32.1. The van der Waals surface area contributed by atoms with Crippen LogP contribution in [0.4, 0.5) is 0 Å². The third-order valence-corrected chi connectivity index (χ3v) is 4.53. The molecule has 12 heteroatoms. The number of nitrogens with one attached hydrogen (secondary N) is 3. The molecule has 8 N–H and O–H groups in total. The summed E-state index contributed by atoms with van der Waals surface area (Å²) in [6.07, 6.45) is -0.585. The van der Waals surface area contributed by atoms with Gasteiger partial charge in [0, 0.05) is 12.2 Å². The molecule has 1 aromatic carbocycles. The van der Waals surface area contributed by atoms with Gasteiger partial charge in [0.25, 0.3) is 0 Å². The van der Waals surface area contributed by atoms with Crippen molar-refractivity contribution in [3.8, 4) is 0 Å². The van der Waals surface area contributed by atoms with E-state index in [1.807, 2.05) is 0 Å². The van der Waals surface area contributed by atoms with Crippen molar-refractivity contribution in [3.63, 3.8) is 0 Å². The third-order valence-electron chi connectivity index (χ3n) is 4.16. The van der Waals surface area contributed by atoms with Gasteiger partial charge in [0.05, 0.1) is 12.5 Å². The van der Waals surface area contributed by atoms with Gasteiger partial charge in [-0.2, -0.15) is 12.6 Å². The summed E-state index contributed by atoms with van der Waals surface area (Å²) in [4.78, 5) is 59.8. The lowest BCUT2D eigenvalue weighted by atomic mass is 10.0. The molecule has 4 atom stereocenters. The number of primary amides is 1. The molecule has 0 aliphatic rings. The number of aliphatic carboxylic acids is 1. The highest BCUT2D eigenvalue weighted by Crippen LogP contribution is 2.05. The van der Waals surface area contributed by atoms with E-state index in [2.05, 4.69) is 28.6 Å². The molecule has 0 bridgehead atoms. The Hall–Kier alpha value is -3.12. The lowest BCUT2D eigenvalue weighted by Crippen LogP contribution is -2.58. The zero-order valence-electron chi connectivity index (χ0n) is 16.9. The summed E-state index contributed by atoms with van der Waals surface area (Å²) in [5.74, 6) is -4.62. The van der Waals surface area contributed by atoms with Crippen molar-refractivity contribution in [1.82, 2.24) is 16.0 Å². The molecule has 1 aromatic rings. The molecule has 0 aliphatic heterocycles. The van der Waals surface area contributed by atoms with E-state index >= 15 is 0 Å². The molecule has 4 amide bonds. The molecule has 1 rings (SSSR count). The van der Waals surface area contributed by atoms with E-state index in [9.17, 15) is 29.1 Å². The Morgan fingerprint density at radius 2 is 1.45 bits per heavy atom. The van der Waals surface area contributed by atoms with Crippen molar-refractivity contribution in [2.24, 2.45) is 11.5 Å². The first-order valence-corrected chi connectivity index (χ1v) is 10.0. The van der Waals surface area contributed by atoms with Crippen molar-refractivity contribution in [3.05, 3.63) is 35.9 Å². The smallest absolute Gasteiger partial charge is 0.326 e. The minimum atomic E-state index is -1.45. The number of nitrogens with two attached hydrogens (primary N) is 2. The lowest BCUT2D eigenvalue weighted by molar-refractivity contribution is -0.142. The van der Waals surface area contributed by atoms with E-state index in [0.717, 1.165) is 0 Å². The number of carbonyl (C=O) groups is 5. The summed E-state index contributed by atoms with van der Waals surface area (Å²) >= 11 is 3.99. The van der Waals surface area contributed by atoms with Crippen LogP contribution in [0.1, 0.15) is 18.9 Å². The topological polar surface area (TPSA) is 194 Å². The van der Waals surface area contributed by atoms with Gasteiger partial charge in [0.2, 0.25) is 23.6 Å². The summed E-state index contributed by atoms with van der Waals surface area (Å²) in [5, 5.41) is 16.4. The van der Waals surface area contributed by atoms with Gasteiger partial charge >= 0.3 is 5.97 Å². The number of hydrogen-bond donors (Lipinski definition) is 7. The molecule has 170 valence electrons. The number of benzene rings is 1. The Morgan fingerprint density at radius 3 is 1.94 bits per heavy atom. The quantitative estimate of drug-likeness (QED) is 0.176. The van der Waals surface area contributed by atoms with Crippen molar-refractivity contribution in [2.45, 2.75) is 43.9 Å². The molecular formula is C19H27N5O6S. The Morgan fingerprint density at radius 1 is 0.935 bits per heavy atom. The summed E-state index contributed by atoms with van der Waals surface area (Å²) < 4.78 is 0. The molecule has 0 fully saturated rings. The average Bonchev–Trinajstić information content (AvgIpc) is 2.70. The highest BCUT2D eigenvalue weighted by Gasteiger charge is 2.30. The van der Waals surface area contributed by atoms with E-state index in [1.165, 1.54) is 6.92 Å². The lowest BCUT2D eigenvalue weighted by Gasteiger charge is -2.23. The van der Waals surface area contributed by atoms with Crippen molar-refractivity contribution in [1.29, 1.82) is 0 Å². The summed E-state index contributed by atoms with van der Waals surface area (Å²) in [6, 6.07) is 3.84. The monoisotopic (exact) mass is 453 g/mol. The SMILES string of the molecule is CC(N)C(=O)NC(CS)C(=O)NC(CC(N)=O)C(=O)NC(Cc1ccccc1)C(=O)O. The molecule has 4 unspecified atom stereocenters. The maximum atomic E-state index is 12.6. The van der Waals surface area contributed by atoms with Crippen LogP contribution in [0.3, 0.4) is 0 Å². The number of carbonyl (C=O) groups excluding carboxylic acids is 4. The maximum Gasteiger partial charge on any atom is 0.326 e. The molecule has 0 saturated carbocycles. The van der Waals surface area contributed by atoms with E-state index < -0.39 is 60.2 Å². The second-order valence-electron chi connectivity index (χ2n) is 6.85. The minimum absolute atomic E-state index is 0.0110. The number of thiol groups is 1. The summed E-state index contributed by atoms with van der Waals surface area (Å²) in [5.41, 5.74) is 11.3. The van der Waals surface area contributed by atoms with Crippen LogP contribution in [0.5, 0.6) is 0 Å². The standard InChI is InChI=1S/C19H27N5O6S/c1-10(20)16(26)24-14(9-31)18(28)22-12(8-15(21)25)17(27)23-13(19(29)30)7-11-5-3-2-4-6-11/h2-6,10,12-14,31H,7-9,20H2,1H3,(H2,21,25)(H,22,28)(H,23,27)(H,24,26)(H,29,30). The number of amides is 4. The van der Waals surface area contributed by atoms with E-state index in [1.54, 1.807) is 30.3 Å². The number of carboxylic acid groups (broad SMARTS) is 1. The average molecular weight is 454 g/mol. The Kier molecular flexibility index (Phi) is 10.5. The van der Waals surface area contributed by atoms with Gasteiger partial charge in [-0.3, -0.25) is 19.2 Å². The number of hydrogen-bond acceptors (Lipinski definition) is 7. The van der Waals surface area contributed by atoms with Gasteiger partial charge in [-0.15, -0.1) is 0 Å². The van der Waals surface area contributed by atoms with E-state index in [4.69, 9.17) is 11.5 Å². The molecular weight excluding hydrogens is 426 g/mol. The minimum Gasteiger partial charge on any atom is -0.480 e. The largest absolute Gasteiger partial charge is 0.480 e. The van der Waals surface area contributed by atoms with Crippen LogP contribution >= 0.6 is 12.6 Å². The normalized spacial score (nSPS) is 14.4. The third kappa shape index (κ3) is 9.05. The fourth-order valence-electron chi connectivity index (χ4n) is 2.50. The van der Waals surface area contributed by atoms with Crippen LogP contribution < -0.4 is 27.4 Å². The molecule has 0 radical (unpaired) electrons. The second-order valence-corrected chi connectivity index (χ2v) is 7.22. The first-order chi connectivity index (χ1) is 14.5. The van der Waals surface area contributed by atoms with Gasteiger partial charge in [0.1, 0.15) is 18.1 Å². The van der Waals surface area contributed by atoms with Crippen molar-refractivity contribution in [2.75, 3.05) is 5.75 Å². The van der Waals surface area contributed by atoms with Gasteiger partial charge in [-0.05, 0) is 12.5 Å². The number of rotatable bonds is 12. The molecule has 0 aliphatic carbocycles. The summed E-state index contributed by atoms with van der Waals surface area (Å²) in [6.45, 7) is 1.42. The van der Waals surface area contributed by atoms with E-state index in [-0.39, 0.29) is 12.2 Å². The first kappa shape index (κ1) is 25.9.